The number of hydrogen-bond donors (Lipinski definition) is 0. The summed E-state index contributed by atoms with van der Waals surface area (Å²) in [4.78, 5) is 7.66. The maximum absolute atomic E-state index is 5.06. The fourth-order valence-corrected chi connectivity index (χ4v) is 0.828. The van der Waals surface area contributed by atoms with Gasteiger partial charge in [-0.1, -0.05) is 0 Å². The zero-order chi connectivity index (χ0) is 7.52. The van der Waals surface area contributed by atoms with Crippen molar-refractivity contribution in [2.75, 3.05) is 0 Å². The SMILES string of the molecule is C1=COB(c2cncnc2)O1. The van der Waals surface area contributed by atoms with Gasteiger partial charge in [0.15, 0.2) is 0 Å². The number of nitrogens with zero attached hydrogens (tertiary/aromatic N) is 2. The summed E-state index contributed by atoms with van der Waals surface area (Å²) < 4.78 is 10.1. The first-order valence-corrected chi connectivity index (χ1v) is 3.17. The molecule has 11 heavy (non-hydrogen) atoms. The Morgan fingerprint density at radius 2 is 1.73 bits per heavy atom. The molecule has 0 unspecified atom stereocenters. The van der Waals surface area contributed by atoms with Gasteiger partial charge >= 0.3 is 7.12 Å². The second-order valence-electron chi connectivity index (χ2n) is 2.05. The zero-order valence-corrected chi connectivity index (χ0v) is 5.68. The molecule has 0 saturated carbocycles. The Morgan fingerprint density at radius 1 is 1.09 bits per heavy atom. The highest BCUT2D eigenvalue weighted by Crippen LogP contribution is 1.99. The normalized spacial score (nSPS) is 14.4. The summed E-state index contributed by atoms with van der Waals surface area (Å²) in [5, 5.41) is 0. The van der Waals surface area contributed by atoms with Gasteiger partial charge in [0.25, 0.3) is 0 Å². The van der Waals surface area contributed by atoms with Crippen molar-refractivity contribution in [1.29, 1.82) is 0 Å². The van der Waals surface area contributed by atoms with Crippen LogP contribution in [-0.4, -0.2) is 17.1 Å². The van der Waals surface area contributed by atoms with E-state index in [0.29, 0.717) is 0 Å². The van der Waals surface area contributed by atoms with E-state index in [1.54, 1.807) is 12.4 Å². The van der Waals surface area contributed by atoms with E-state index >= 15 is 0 Å². The minimum absolute atomic E-state index is 0.365. The molecular weight excluding hydrogens is 143 g/mol. The largest absolute Gasteiger partial charge is 0.635 e. The minimum atomic E-state index is -0.365. The van der Waals surface area contributed by atoms with Crippen LogP contribution in [0.15, 0.2) is 31.2 Å². The first-order valence-electron chi connectivity index (χ1n) is 3.17. The molecule has 0 aliphatic carbocycles. The molecular formula is C6H5BN2O2. The lowest BCUT2D eigenvalue weighted by Gasteiger charge is -2.01. The third-order valence-electron chi connectivity index (χ3n) is 1.31. The molecule has 54 valence electrons. The van der Waals surface area contributed by atoms with Gasteiger partial charge in [0.2, 0.25) is 0 Å². The van der Waals surface area contributed by atoms with E-state index in [9.17, 15) is 0 Å². The fraction of sp³-hybridized carbons (Fsp3) is 0. The number of hydrogen-bond acceptors (Lipinski definition) is 4. The van der Waals surface area contributed by atoms with Crippen LogP contribution in [-0.2, 0) is 9.31 Å². The first kappa shape index (κ1) is 6.21. The predicted molar refractivity (Wildman–Crippen MR) is 38.7 cm³/mol. The molecule has 0 aromatic carbocycles. The summed E-state index contributed by atoms with van der Waals surface area (Å²) in [5.74, 6) is 0. The lowest BCUT2D eigenvalue weighted by atomic mass is 9.82. The van der Waals surface area contributed by atoms with Crippen LogP contribution in [0.2, 0.25) is 0 Å². The van der Waals surface area contributed by atoms with Crippen LogP contribution in [0.4, 0.5) is 0 Å². The van der Waals surface area contributed by atoms with Crippen molar-refractivity contribution >= 4 is 12.6 Å². The third kappa shape index (κ3) is 1.17. The molecule has 4 nitrogen and oxygen atoms in total. The van der Waals surface area contributed by atoms with Gasteiger partial charge in [0.1, 0.15) is 6.33 Å². The van der Waals surface area contributed by atoms with E-state index < -0.39 is 0 Å². The second kappa shape index (κ2) is 2.61. The van der Waals surface area contributed by atoms with Gasteiger partial charge in [-0.25, -0.2) is 9.97 Å². The molecule has 0 atom stereocenters. The van der Waals surface area contributed by atoms with Crippen molar-refractivity contribution in [3.05, 3.63) is 31.2 Å². The lowest BCUT2D eigenvalue weighted by molar-refractivity contribution is 0.423. The smallest absolute Gasteiger partial charge is 0.525 e. The van der Waals surface area contributed by atoms with Crippen molar-refractivity contribution in [2.45, 2.75) is 0 Å². The van der Waals surface area contributed by atoms with E-state index in [0.717, 1.165) is 5.46 Å². The molecule has 5 heteroatoms. The summed E-state index contributed by atoms with van der Waals surface area (Å²) in [6.07, 6.45) is 7.77. The molecule has 1 aromatic heterocycles. The molecule has 0 amide bonds. The van der Waals surface area contributed by atoms with Crippen molar-refractivity contribution < 1.29 is 9.31 Å². The van der Waals surface area contributed by atoms with Crippen LogP contribution >= 0.6 is 0 Å². The minimum Gasteiger partial charge on any atom is -0.525 e. The Hall–Kier alpha value is -1.52. The van der Waals surface area contributed by atoms with Crippen molar-refractivity contribution in [2.24, 2.45) is 0 Å². The topological polar surface area (TPSA) is 44.2 Å². The monoisotopic (exact) mass is 148 g/mol. The molecule has 2 heterocycles. The standard InChI is InChI=1S/C6H5BN2O2/c1-2-11-7(10-1)6-3-8-5-9-4-6/h1-5H. The van der Waals surface area contributed by atoms with Crippen molar-refractivity contribution in [3.8, 4) is 0 Å². The predicted octanol–water partition coefficient (Wildman–Crippen LogP) is -0.310. The molecule has 1 aliphatic heterocycles. The third-order valence-corrected chi connectivity index (χ3v) is 1.31. The average Bonchev–Trinajstić information content (AvgIpc) is 2.58. The molecule has 1 aromatic rings. The van der Waals surface area contributed by atoms with Gasteiger partial charge in [-0.05, 0) is 0 Å². The molecule has 2 rings (SSSR count). The van der Waals surface area contributed by atoms with Crippen LogP contribution in [0.25, 0.3) is 0 Å². The fourth-order valence-electron chi connectivity index (χ4n) is 0.828. The molecule has 0 N–H and O–H groups in total. The van der Waals surface area contributed by atoms with Gasteiger partial charge in [-0.2, -0.15) is 0 Å². The zero-order valence-electron chi connectivity index (χ0n) is 5.68. The van der Waals surface area contributed by atoms with E-state index in [1.165, 1.54) is 18.9 Å². The van der Waals surface area contributed by atoms with Gasteiger partial charge in [-0.3, -0.25) is 0 Å². The van der Waals surface area contributed by atoms with Crippen LogP contribution in [0.3, 0.4) is 0 Å². The molecule has 0 bridgehead atoms. The van der Waals surface area contributed by atoms with Crippen molar-refractivity contribution in [3.63, 3.8) is 0 Å². The van der Waals surface area contributed by atoms with Crippen LogP contribution in [0.5, 0.6) is 0 Å². The Kier molecular flexibility index (Phi) is 1.48. The lowest BCUT2D eigenvalue weighted by Crippen LogP contribution is -2.31. The Morgan fingerprint density at radius 3 is 2.36 bits per heavy atom. The highest BCUT2D eigenvalue weighted by Gasteiger charge is 2.26. The van der Waals surface area contributed by atoms with Gasteiger partial charge in [-0.15, -0.1) is 0 Å². The highest BCUT2D eigenvalue weighted by molar-refractivity contribution is 6.61. The highest BCUT2D eigenvalue weighted by atomic mass is 16.6. The second-order valence-corrected chi connectivity index (χ2v) is 2.05. The summed E-state index contributed by atoms with van der Waals surface area (Å²) >= 11 is 0. The van der Waals surface area contributed by atoms with E-state index in [-0.39, 0.29) is 7.12 Å². The number of rotatable bonds is 1. The molecule has 0 fully saturated rings. The average molecular weight is 148 g/mol. The van der Waals surface area contributed by atoms with Crippen molar-refractivity contribution in [1.82, 2.24) is 9.97 Å². The van der Waals surface area contributed by atoms with Crippen LogP contribution < -0.4 is 5.46 Å². The summed E-state index contributed by atoms with van der Waals surface area (Å²) in [6.45, 7) is 0. The van der Waals surface area contributed by atoms with Crippen LogP contribution in [0, 0.1) is 0 Å². The molecule has 1 aliphatic rings. The molecule has 0 radical (unpaired) electrons. The molecule has 0 saturated heterocycles. The quantitative estimate of drug-likeness (QED) is 0.512. The Bertz CT molecular complexity index is 257. The summed E-state index contributed by atoms with van der Waals surface area (Å²) in [5.41, 5.74) is 0.817. The van der Waals surface area contributed by atoms with Gasteiger partial charge in [0.05, 0.1) is 12.5 Å². The number of aromatic nitrogens is 2. The van der Waals surface area contributed by atoms with Crippen LogP contribution in [0.1, 0.15) is 0 Å². The maximum Gasteiger partial charge on any atom is 0.635 e. The molecule has 0 spiro atoms. The Balaban J connectivity index is 2.17. The van der Waals surface area contributed by atoms with Gasteiger partial charge < -0.3 is 9.31 Å². The van der Waals surface area contributed by atoms with E-state index in [4.69, 9.17) is 9.31 Å². The van der Waals surface area contributed by atoms with Gasteiger partial charge in [0, 0.05) is 17.9 Å². The maximum atomic E-state index is 5.06. The first-order chi connectivity index (χ1) is 5.47. The summed E-state index contributed by atoms with van der Waals surface area (Å²) in [6, 6.07) is 0. The van der Waals surface area contributed by atoms with E-state index in [2.05, 4.69) is 9.97 Å². The van der Waals surface area contributed by atoms with E-state index in [1.807, 2.05) is 0 Å². The summed E-state index contributed by atoms with van der Waals surface area (Å²) in [7, 11) is -0.365. The Labute approximate surface area is 64.0 Å².